The fourth-order valence-electron chi connectivity index (χ4n) is 3.44. The highest BCUT2D eigenvalue weighted by Crippen LogP contribution is 2.22. The summed E-state index contributed by atoms with van der Waals surface area (Å²) in [6, 6.07) is 14.7. The summed E-state index contributed by atoms with van der Waals surface area (Å²) in [6.07, 6.45) is 2.29. The van der Waals surface area contributed by atoms with Crippen LogP contribution in [0, 0.1) is 0 Å². The monoisotopic (exact) mass is 454 g/mol. The van der Waals surface area contributed by atoms with Crippen molar-refractivity contribution in [2.75, 3.05) is 13.2 Å². The average Bonchev–Trinajstić information content (AvgIpc) is 3.20. The number of ketones is 1. The molecule has 168 valence electrons. The van der Waals surface area contributed by atoms with Gasteiger partial charge in [0.2, 0.25) is 0 Å². The van der Waals surface area contributed by atoms with Gasteiger partial charge in [0, 0.05) is 24.0 Å². The Labute approximate surface area is 192 Å². The molecule has 2 aromatic heterocycles. The molecule has 0 spiro atoms. The highest BCUT2D eigenvalue weighted by atomic mass is 35.5. The van der Waals surface area contributed by atoms with Crippen molar-refractivity contribution in [3.63, 3.8) is 0 Å². The topological polar surface area (TPSA) is 86.1 Å². The number of halogens is 1. The zero-order valence-electron chi connectivity index (χ0n) is 18.3. The number of aryl methyl sites for hydroxylation is 1. The molecule has 0 aliphatic rings. The second-order valence-corrected chi connectivity index (χ2v) is 7.66. The molecular formula is C24H27ClN4O3. The molecule has 0 saturated heterocycles. The number of nitrogens with zero attached hydrogens (tertiary/aromatic N) is 3. The standard InChI is InChI=1S/C24H27ClN4O3/c1-3-29-19(14-20(28-29)18-10-11-26-23(25)13-18)15-22(30)21(27-16-24(31)32-4-2)12-17-8-6-5-7-9-17/h5-11,13-14,21,27H,3-4,12,15-16H2,1-2H3/t21-/m0/s1. The van der Waals surface area contributed by atoms with Crippen LogP contribution in [0.2, 0.25) is 5.15 Å². The number of rotatable bonds is 11. The number of benzene rings is 1. The predicted octanol–water partition coefficient (Wildman–Crippen LogP) is 3.49. The van der Waals surface area contributed by atoms with Gasteiger partial charge in [0.15, 0.2) is 5.78 Å². The van der Waals surface area contributed by atoms with Gasteiger partial charge in [-0.3, -0.25) is 19.6 Å². The van der Waals surface area contributed by atoms with Crippen molar-refractivity contribution in [3.05, 3.63) is 71.1 Å². The number of carbonyl (C=O) groups is 2. The molecule has 1 N–H and O–H groups in total. The van der Waals surface area contributed by atoms with Crippen molar-refractivity contribution in [1.29, 1.82) is 0 Å². The first-order valence-electron chi connectivity index (χ1n) is 10.6. The number of esters is 1. The second kappa shape index (κ2) is 11.5. The van der Waals surface area contributed by atoms with Gasteiger partial charge in [-0.25, -0.2) is 4.98 Å². The van der Waals surface area contributed by atoms with E-state index in [1.807, 2.05) is 54.1 Å². The third-order valence-corrected chi connectivity index (χ3v) is 5.22. The minimum Gasteiger partial charge on any atom is -0.465 e. The summed E-state index contributed by atoms with van der Waals surface area (Å²) in [5.41, 5.74) is 3.39. The largest absolute Gasteiger partial charge is 0.465 e. The van der Waals surface area contributed by atoms with Gasteiger partial charge in [-0.2, -0.15) is 5.10 Å². The Kier molecular flexibility index (Phi) is 8.53. The van der Waals surface area contributed by atoms with Gasteiger partial charge in [-0.05, 0) is 44.0 Å². The number of pyridine rings is 1. The summed E-state index contributed by atoms with van der Waals surface area (Å²) < 4.78 is 6.81. The first-order chi connectivity index (χ1) is 15.5. The molecule has 32 heavy (non-hydrogen) atoms. The van der Waals surface area contributed by atoms with Gasteiger partial charge in [0.25, 0.3) is 0 Å². The SMILES string of the molecule is CCOC(=O)CN[C@@H](Cc1ccccc1)C(=O)Cc1cc(-c2ccnc(Cl)c2)nn1CC. The fraction of sp³-hybridized carbons (Fsp3) is 0.333. The molecule has 0 amide bonds. The third kappa shape index (κ3) is 6.48. The van der Waals surface area contributed by atoms with Crippen molar-refractivity contribution in [2.45, 2.75) is 39.3 Å². The normalized spacial score (nSPS) is 11.8. The van der Waals surface area contributed by atoms with Crippen LogP contribution in [0.4, 0.5) is 0 Å². The van der Waals surface area contributed by atoms with Gasteiger partial charge < -0.3 is 4.74 Å². The van der Waals surface area contributed by atoms with Crippen molar-refractivity contribution in [2.24, 2.45) is 0 Å². The molecule has 3 aromatic rings. The summed E-state index contributed by atoms with van der Waals surface area (Å²) in [6.45, 7) is 4.63. The summed E-state index contributed by atoms with van der Waals surface area (Å²) >= 11 is 6.02. The van der Waals surface area contributed by atoms with E-state index >= 15 is 0 Å². The molecular weight excluding hydrogens is 428 g/mol. The Hall–Kier alpha value is -3.03. The van der Waals surface area contributed by atoms with Gasteiger partial charge in [0.05, 0.1) is 31.3 Å². The minimum atomic E-state index is -0.527. The highest BCUT2D eigenvalue weighted by molar-refractivity contribution is 6.29. The van der Waals surface area contributed by atoms with Gasteiger partial charge in [0.1, 0.15) is 5.15 Å². The minimum absolute atomic E-state index is 0.0212. The Bertz CT molecular complexity index is 1050. The molecule has 2 heterocycles. The van der Waals surface area contributed by atoms with E-state index in [4.69, 9.17) is 16.3 Å². The van der Waals surface area contributed by atoms with Crippen molar-refractivity contribution >= 4 is 23.4 Å². The second-order valence-electron chi connectivity index (χ2n) is 7.28. The third-order valence-electron chi connectivity index (χ3n) is 5.01. The van der Waals surface area contributed by atoms with Crippen LogP contribution in [0.25, 0.3) is 11.3 Å². The quantitative estimate of drug-likeness (QED) is 0.352. The fourth-order valence-corrected chi connectivity index (χ4v) is 3.62. The van der Waals surface area contributed by atoms with E-state index in [2.05, 4.69) is 15.4 Å². The van der Waals surface area contributed by atoms with Gasteiger partial charge in [-0.15, -0.1) is 0 Å². The Balaban J connectivity index is 1.79. The van der Waals surface area contributed by atoms with E-state index in [1.165, 1.54) is 0 Å². The number of aromatic nitrogens is 3. The van der Waals surface area contributed by atoms with E-state index in [9.17, 15) is 9.59 Å². The highest BCUT2D eigenvalue weighted by Gasteiger charge is 2.22. The summed E-state index contributed by atoms with van der Waals surface area (Å²) in [4.78, 5) is 29.1. The molecule has 0 aliphatic heterocycles. The molecule has 7 nitrogen and oxygen atoms in total. The summed E-state index contributed by atoms with van der Waals surface area (Å²) in [5, 5.41) is 8.08. The number of ether oxygens (including phenoxy) is 1. The van der Waals surface area contributed by atoms with E-state index in [-0.39, 0.29) is 24.7 Å². The van der Waals surface area contributed by atoms with Crippen LogP contribution in [-0.4, -0.2) is 45.7 Å². The summed E-state index contributed by atoms with van der Waals surface area (Å²) in [5.74, 6) is -0.402. The summed E-state index contributed by atoms with van der Waals surface area (Å²) in [7, 11) is 0. The lowest BCUT2D eigenvalue weighted by Gasteiger charge is -2.18. The Morgan fingerprint density at radius 2 is 1.94 bits per heavy atom. The first-order valence-corrected chi connectivity index (χ1v) is 11.0. The smallest absolute Gasteiger partial charge is 0.319 e. The lowest BCUT2D eigenvalue weighted by Crippen LogP contribution is -2.42. The van der Waals surface area contributed by atoms with Crippen molar-refractivity contribution in [1.82, 2.24) is 20.1 Å². The van der Waals surface area contributed by atoms with Crippen molar-refractivity contribution in [3.8, 4) is 11.3 Å². The maximum Gasteiger partial charge on any atom is 0.319 e. The zero-order valence-corrected chi connectivity index (χ0v) is 19.0. The number of carbonyl (C=O) groups excluding carboxylic acids is 2. The molecule has 0 bridgehead atoms. The molecule has 1 atom stereocenters. The molecule has 0 unspecified atom stereocenters. The Morgan fingerprint density at radius 1 is 1.16 bits per heavy atom. The average molecular weight is 455 g/mol. The first kappa shape index (κ1) is 23.6. The van der Waals surface area contributed by atoms with Crippen LogP contribution < -0.4 is 5.32 Å². The molecule has 1 aromatic carbocycles. The van der Waals surface area contributed by atoms with E-state index in [0.29, 0.717) is 24.7 Å². The van der Waals surface area contributed by atoms with Gasteiger partial charge >= 0.3 is 5.97 Å². The molecule has 0 aliphatic carbocycles. The maximum atomic E-state index is 13.3. The Morgan fingerprint density at radius 3 is 2.62 bits per heavy atom. The molecule has 0 saturated carbocycles. The molecule has 0 fully saturated rings. The van der Waals surface area contributed by atoms with Crippen LogP contribution in [-0.2, 0) is 33.7 Å². The van der Waals surface area contributed by atoms with Gasteiger partial charge in [-0.1, -0.05) is 41.9 Å². The van der Waals surface area contributed by atoms with Crippen LogP contribution >= 0.6 is 11.6 Å². The lowest BCUT2D eigenvalue weighted by molar-refractivity contribution is -0.142. The van der Waals surface area contributed by atoms with E-state index < -0.39 is 6.04 Å². The van der Waals surface area contributed by atoms with Crippen molar-refractivity contribution < 1.29 is 14.3 Å². The molecule has 3 rings (SSSR count). The van der Waals surface area contributed by atoms with Crippen LogP contribution in [0.15, 0.2) is 54.7 Å². The van der Waals surface area contributed by atoms with Crippen LogP contribution in [0.5, 0.6) is 0 Å². The number of hydrogen-bond acceptors (Lipinski definition) is 6. The number of nitrogens with one attached hydrogen (secondary N) is 1. The zero-order chi connectivity index (χ0) is 22.9. The van der Waals surface area contributed by atoms with E-state index in [0.717, 1.165) is 22.5 Å². The lowest BCUT2D eigenvalue weighted by atomic mass is 9.99. The molecule has 8 heteroatoms. The predicted molar refractivity (Wildman–Crippen MR) is 123 cm³/mol. The number of hydrogen-bond donors (Lipinski definition) is 1. The maximum absolute atomic E-state index is 13.3. The van der Waals surface area contributed by atoms with Crippen LogP contribution in [0.3, 0.4) is 0 Å². The van der Waals surface area contributed by atoms with E-state index in [1.54, 1.807) is 19.2 Å². The van der Waals surface area contributed by atoms with Crippen LogP contribution in [0.1, 0.15) is 25.1 Å². The molecule has 0 radical (unpaired) electrons. The number of Topliss-reactive ketones (excluding diaryl/α,β-unsaturated/α-hetero) is 1.